The third kappa shape index (κ3) is 2.13. The van der Waals surface area contributed by atoms with Crippen LogP contribution in [0.1, 0.15) is 28.3 Å². The summed E-state index contributed by atoms with van der Waals surface area (Å²) in [6.45, 7) is 6.40. The molecule has 0 saturated carbocycles. The molecule has 0 aliphatic heterocycles. The molecule has 0 bridgehead atoms. The molecule has 3 rings (SSSR count). The van der Waals surface area contributed by atoms with Gasteiger partial charge in [0.2, 0.25) is 5.95 Å². The monoisotopic (exact) mass is 350 g/mol. The van der Waals surface area contributed by atoms with E-state index in [1.165, 1.54) is 15.3 Å². The fourth-order valence-electron chi connectivity index (χ4n) is 2.56. The van der Waals surface area contributed by atoms with Gasteiger partial charge in [0.05, 0.1) is 6.04 Å². The number of nitrogens with two attached hydrogens (primary N) is 1. The highest BCUT2D eigenvalue weighted by molar-refractivity contribution is 9.10. The average Bonchev–Trinajstić information content (AvgIpc) is 2.87. The standard InChI is InChI=1S/C14H15BrN4S/c1-7-4-11(9(3)20-7)8(2)19-13-12(18-14(19)16)5-10(15)6-17-13/h4-6,8H,1-3H3,(H2,16,18). The fraction of sp³-hybridized carbons (Fsp3) is 0.286. The predicted octanol–water partition coefficient (Wildman–Crippen LogP) is 4.06. The van der Waals surface area contributed by atoms with Gasteiger partial charge in [0.25, 0.3) is 0 Å². The van der Waals surface area contributed by atoms with E-state index in [-0.39, 0.29) is 6.04 Å². The molecule has 0 aliphatic carbocycles. The van der Waals surface area contributed by atoms with E-state index < -0.39 is 0 Å². The number of nitrogens with zero attached hydrogens (tertiary/aromatic N) is 3. The van der Waals surface area contributed by atoms with Crippen molar-refractivity contribution in [1.82, 2.24) is 14.5 Å². The molecule has 104 valence electrons. The molecule has 0 aromatic carbocycles. The lowest BCUT2D eigenvalue weighted by Crippen LogP contribution is -2.10. The van der Waals surface area contributed by atoms with E-state index in [2.05, 4.69) is 52.7 Å². The zero-order chi connectivity index (χ0) is 14.4. The van der Waals surface area contributed by atoms with Crippen molar-refractivity contribution >= 4 is 44.4 Å². The molecule has 0 aliphatic rings. The molecular formula is C14H15BrN4S. The molecule has 0 fully saturated rings. The van der Waals surface area contributed by atoms with E-state index in [9.17, 15) is 0 Å². The number of aryl methyl sites for hydroxylation is 2. The topological polar surface area (TPSA) is 56.7 Å². The van der Waals surface area contributed by atoms with E-state index in [0.717, 1.165) is 15.6 Å². The molecule has 0 saturated heterocycles. The van der Waals surface area contributed by atoms with Gasteiger partial charge in [-0.15, -0.1) is 11.3 Å². The highest BCUT2D eigenvalue weighted by Crippen LogP contribution is 2.32. The molecule has 6 heteroatoms. The third-order valence-electron chi connectivity index (χ3n) is 3.44. The fourth-order valence-corrected chi connectivity index (χ4v) is 3.90. The minimum Gasteiger partial charge on any atom is -0.369 e. The van der Waals surface area contributed by atoms with Gasteiger partial charge in [-0.25, -0.2) is 9.97 Å². The number of rotatable bonds is 2. The number of aromatic nitrogens is 3. The summed E-state index contributed by atoms with van der Waals surface area (Å²) in [5.41, 5.74) is 9.01. The molecule has 2 N–H and O–H groups in total. The van der Waals surface area contributed by atoms with Crippen LogP contribution >= 0.6 is 27.3 Å². The van der Waals surface area contributed by atoms with Crippen LogP contribution in [0.3, 0.4) is 0 Å². The SMILES string of the molecule is Cc1cc(C(C)n2c(N)nc3cc(Br)cnc32)c(C)s1. The molecule has 4 nitrogen and oxygen atoms in total. The highest BCUT2D eigenvalue weighted by atomic mass is 79.9. The van der Waals surface area contributed by atoms with Gasteiger partial charge in [-0.3, -0.25) is 4.57 Å². The summed E-state index contributed by atoms with van der Waals surface area (Å²) in [4.78, 5) is 11.5. The summed E-state index contributed by atoms with van der Waals surface area (Å²) < 4.78 is 2.90. The Bertz CT molecular complexity index is 790. The number of hydrogen-bond donors (Lipinski definition) is 1. The zero-order valence-electron chi connectivity index (χ0n) is 11.5. The van der Waals surface area contributed by atoms with Crippen molar-refractivity contribution in [2.75, 3.05) is 5.73 Å². The summed E-state index contributed by atoms with van der Waals surface area (Å²) in [5, 5.41) is 0. The van der Waals surface area contributed by atoms with Crippen LogP contribution in [-0.2, 0) is 0 Å². The van der Waals surface area contributed by atoms with Crippen molar-refractivity contribution in [3.05, 3.63) is 38.1 Å². The second kappa shape index (κ2) is 4.86. The smallest absolute Gasteiger partial charge is 0.203 e. The Morgan fingerprint density at radius 2 is 2.10 bits per heavy atom. The summed E-state index contributed by atoms with van der Waals surface area (Å²) >= 11 is 5.22. The Kier molecular flexibility index (Phi) is 3.30. The van der Waals surface area contributed by atoms with Gasteiger partial charge in [-0.05, 0) is 54.4 Å². The molecule has 20 heavy (non-hydrogen) atoms. The van der Waals surface area contributed by atoms with Crippen molar-refractivity contribution in [2.45, 2.75) is 26.8 Å². The maximum atomic E-state index is 6.10. The molecule has 3 aromatic heterocycles. The number of anilines is 1. The predicted molar refractivity (Wildman–Crippen MR) is 87.2 cm³/mol. The molecule has 3 aromatic rings. The van der Waals surface area contributed by atoms with Crippen LogP contribution in [0.5, 0.6) is 0 Å². The van der Waals surface area contributed by atoms with Gasteiger partial charge in [0.1, 0.15) is 5.52 Å². The number of nitrogen functional groups attached to an aromatic ring is 1. The van der Waals surface area contributed by atoms with Crippen molar-refractivity contribution in [3.63, 3.8) is 0 Å². The lowest BCUT2D eigenvalue weighted by Gasteiger charge is -2.15. The molecule has 3 heterocycles. The van der Waals surface area contributed by atoms with E-state index in [4.69, 9.17) is 5.73 Å². The average molecular weight is 351 g/mol. The van der Waals surface area contributed by atoms with Gasteiger partial charge in [-0.1, -0.05) is 0 Å². The maximum Gasteiger partial charge on any atom is 0.203 e. The summed E-state index contributed by atoms with van der Waals surface area (Å²) in [5.74, 6) is 0.501. The largest absolute Gasteiger partial charge is 0.369 e. The third-order valence-corrected chi connectivity index (χ3v) is 4.86. The maximum absolute atomic E-state index is 6.10. The minimum absolute atomic E-state index is 0.124. The zero-order valence-corrected chi connectivity index (χ0v) is 13.9. The van der Waals surface area contributed by atoms with E-state index in [1.807, 2.05) is 10.6 Å². The summed E-state index contributed by atoms with van der Waals surface area (Å²) in [6, 6.07) is 4.28. The molecular weight excluding hydrogens is 336 g/mol. The number of hydrogen-bond acceptors (Lipinski definition) is 4. The van der Waals surface area contributed by atoms with Crippen LogP contribution in [0.25, 0.3) is 11.2 Å². The number of thiophene rings is 1. The first-order valence-electron chi connectivity index (χ1n) is 6.33. The van der Waals surface area contributed by atoms with Crippen LogP contribution in [0, 0.1) is 13.8 Å². The second-order valence-electron chi connectivity index (χ2n) is 4.88. The molecule has 0 amide bonds. The van der Waals surface area contributed by atoms with Crippen molar-refractivity contribution < 1.29 is 0 Å². The van der Waals surface area contributed by atoms with Crippen molar-refractivity contribution in [3.8, 4) is 0 Å². The Morgan fingerprint density at radius 3 is 2.75 bits per heavy atom. The Hall–Kier alpha value is -1.40. The Morgan fingerprint density at radius 1 is 1.35 bits per heavy atom. The van der Waals surface area contributed by atoms with Gasteiger partial charge < -0.3 is 5.73 Å². The number of fused-ring (bicyclic) bond motifs is 1. The number of imidazole rings is 1. The second-order valence-corrected chi connectivity index (χ2v) is 7.26. The van der Waals surface area contributed by atoms with Crippen LogP contribution < -0.4 is 5.73 Å². The van der Waals surface area contributed by atoms with Gasteiger partial charge in [0.15, 0.2) is 5.65 Å². The summed E-state index contributed by atoms with van der Waals surface area (Å²) in [7, 11) is 0. The van der Waals surface area contributed by atoms with Gasteiger partial charge >= 0.3 is 0 Å². The van der Waals surface area contributed by atoms with E-state index in [0.29, 0.717) is 5.95 Å². The van der Waals surface area contributed by atoms with E-state index in [1.54, 1.807) is 17.5 Å². The summed E-state index contributed by atoms with van der Waals surface area (Å²) in [6.07, 6.45) is 1.78. The first-order valence-corrected chi connectivity index (χ1v) is 7.94. The van der Waals surface area contributed by atoms with Crippen LogP contribution in [0.2, 0.25) is 0 Å². The van der Waals surface area contributed by atoms with Crippen LogP contribution in [0.4, 0.5) is 5.95 Å². The minimum atomic E-state index is 0.124. The number of pyridine rings is 1. The Labute approximate surface area is 129 Å². The van der Waals surface area contributed by atoms with Crippen LogP contribution in [-0.4, -0.2) is 14.5 Å². The number of halogens is 1. The van der Waals surface area contributed by atoms with Crippen molar-refractivity contribution in [2.24, 2.45) is 0 Å². The normalized spacial score (nSPS) is 13.0. The Balaban J connectivity index is 2.18. The van der Waals surface area contributed by atoms with Crippen LogP contribution in [0.15, 0.2) is 22.8 Å². The van der Waals surface area contributed by atoms with Gasteiger partial charge in [0, 0.05) is 20.4 Å². The quantitative estimate of drug-likeness (QED) is 0.757. The first kappa shape index (κ1) is 13.6. The molecule has 0 radical (unpaired) electrons. The lowest BCUT2D eigenvalue weighted by atomic mass is 10.1. The molecule has 0 spiro atoms. The van der Waals surface area contributed by atoms with Crippen molar-refractivity contribution in [1.29, 1.82) is 0 Å². The highest BCUT2D eigenvalue weighted by Gasteiger charge is 2.19. The molecule has 1 atom stereocenters. The molecule has 1 unspecified atom stereocenters. The van der Waals surface area contributed by atoms with Gasteiger partial charge in [-0.2, -0.15) is 0 Å². The lowest BCUT2D eigenvalue weighted by molar-refractivity contribution is 0.661. The first-order chi connectivity index (χ1) is 9.47. The van der Waals surface area contributed by atoms with E-state index >= 15 is 0 Å².